The quantitative estimate of drug-likeness (QED) is 0.575. The fraction of sp³-hybridized carbons (Fsp3) is 0.0476. The molecule has 7 heteroatoms. The number of rotatable bonds is 4. The van der Waals surface area contributed by atoms with Crippen LogP contribution in [0.5, 0.6) is 0 Å². The van der Waals surface area contributed by atoms with E-state index in [4.69, 9.17) is 5.73 Å². The Labute approximate surface area is 160 Å². The Morgan fingerprint density at radius 2 is 1.75 bits per heavy atom. The lowest BCUT2D eigenvalue weighted by molar-refractivity contribution is 0.0993. The summed E-state index contributed by atoms with van der Waals surface area (Å²) < 4.78 is 1.47. The monoisotopic (exact) mass is 371 g/mol. The van der Waals surface area contributed by atoms with E-state index in [1.807, 2.05) is 61.5 Å². The molecule has 28 heavy (non-hydrogen) atoms. The lowest BCUT2D eigenvalue weighted by Crippen LogP contribution is -2.18. The van der Waals surface area contributed by atoms with Gasteiger partial charge >= 0.3 is 0 Å². The standard InChI is InChI=1S/C21H17N5O2/c1-13-7-5-6-10-15(13)25-21(28)17-11-16(14-8-3-2-4-9-14)24-20-18(19(22)27)23-12-26(17)20/h2-12H,1H3,(H2,22,27)(H,25,28). The summed E-state index contributed by atoms with van der Waals surface area (Å²) in [6, 6.07) is 18.6. The third-order valence-electron chi connectivity index (χ3n) is 4.43. The number of aryl methyl sites for hydroxylation is 1. The van der Waals surface area contributed by atoms with Crippen LogP contribution in [0.4, 0.5) is 5.69 Å². The van der Waals surface area contributed by atoms with E-state index < -0.39 is 5.91 Å². The number of imidazole rings is 1. The van der Waals surface area contributed by atoms with Crippen molar-refractivity contribution >= 4 is 23.1 Å². The zero-order chi connectivity index (χ0) is 19.7. The van der Waals surface area contributed by atoms with Crippen LogP contribution in [-0.2, 0) is 0 Å². The molecule has 2 aromatic carbocycles. The average Bonchev–Trinajstić information content (AvgIpc) is 3.14. The zero-order valence-electron chi connectivity index (χ0n) is 15.1. The SMILES string of the molecule is Cc1ccccc1NC(=O)c1cc(-c2ccccc2)nc2c(C(N)=O)ncn12. The number of benzene rings is 2. The van der Waals surface area contributed by atoms with Crippen LogP contribution in [0.1, 0.15) is 26.5 Å². The number of hydrogen-bond acceptors (Lipinski definition) is 4. The topological polar surface area (TPSA) is 102 Å². The minimum absolute atomic E-state index is 0.0164. The molecule has 7 nitrogen and oxygen atoms in total. The molecule has 2 heterocycles. The molecule has 0 unspecified atom stereocenters. The van der Waals surface area contributed by atoms with Gasteiger partial charge in [0.2, 0.25) is 0 Å². The van der Waals surface area contributed by atoms with E-state index in [1.165, 1.54) is 10.7 Å². The van der Waals surface area contributed by atoms with Crippen LogP contribution in [0.15, 0.2) is 67.0 Å². The molecule has 0 atom stereocenters. The van der Waals surface area contributed by atoms with Gasteiger partial charge in [-0.2, -0.15) is 0 Å². The summed E-state index contributed by atoms with van der Waals surface area (Å²) in [4.78, 5) is 33.3. The molecular formula is C21H17N5O2. The van der Waals surface area contributed by atoms with Crippen LogP contribution in [0.25, 0.3) is 16.9 Å². The Kier molecular flexibility index (Phi) is 4.33. The molecule has 0 spiro atoms. The maximum Gasteiger partial charge on any atom is 0.272 e. The van der Waals surface area contributed by atoms with Crippen molar-refractivity contribution in [1.29, 1.82) is 0 Å². The van der Waals surface area contributed by atoms with Crippen LogP contribution in [0.3, 0.4) is 0 Å². The predicted octanol–water partition coefficient (Wildman–Crippen LogP) is 3.06. The van der Waals surface area contributed by atoms with E-state index in [0.29, 0.717) is 17.1 Å². The van der Waals surface area contributed by atoms with Crippen molar-refractivity contribution in [1.82, 2.24) is 14.4 Å². The summed E-state index contributed by atoms with van der Waals surface area (Å²) in [5.74, 6) is -1.04. The van der Waals surface area contributed by atoms with Crippen LogP contribution >= 0.6 is 0 Å². The Morgan fingerprint density at radius 1 is 1.04 bits per heavy atom. The smallest absolute Gasteiger partial charge is 0.272 e. The second-order valence-electron chi connectivity index (χ2n) is 6.31. The number of nitrogens with one attached hydrogen (secondary N) is 1. The Balaban J connectivity index is 1.88. The molecule has 138 valence electrons. The maximum atomic E-state index is 13.0. The molecule has 4 aromatic rings. The average molecular weight is 371 g/mol. The molecule has 0 bridgehead atoms. The van der Waals surface area contributed by atoms with Crippen molar-refractivity contribution in [3.05, 3.63) is 83.9 Å². The largest absolute Gasteiger partial charge is 0.364 e. The van der Waals surface area contributed by atoms with E-state index in [1.54, 1.807) is 6.07 Å². The van der Waals surface area contributed by atoms with Crippen LogP contribution < -0.4 is 11.1 Å². The second kappa shape index (κ2) is 6.96. The molecule has 0 radical (unpaired) electrons. The summed E-state index contributed by atoms with van der Waals surface area (Å²) in [6.07, 6.45) is 1.38. The van der Waals surface area contributed by atoms with Crippen LogP contribution in [0, 0.1) is 6.92 Å². The number of aromatic nitrogens is 3. The van der Waals surface area contributed by atoms with Crippen molar-refractivity contribution < 1.29 is 9.59 Å². The predicted molar refractivity (Wildman–Crippen MR) is 106 cm³/mol. The van der Waals surface area contributed by atoms with Crippen LogP contribution in [0.2, 0.25) is 0 Å². The highest BCUT2D eigenvalue weighted by atomic mass is 16.2. The molecule has 0 saturated heterocycles. The molecule has 0 aliphatic heterocycles. The van der Waals surface area contributed by atoms with Gasteiger partial charge < -0.3 is 11.1 Å². The molecule has 3 N–H and O–H groups in total. The van der Waals surface area contributed by atoms with E-state index in [-0.39, 0.29) is 17.2 Å². The minimum Gasteiger partial charge on any atom is -0.364 e. The second-order valence-corrected chi connectivity index (χ2v) is 6.31. The summed E-state index contributed by atoms with van der Waals surface area (Å²) in [5, 5.41) is 2.90. The summed E-state index contributed by atoms with van der Waals surface area (Å²) in [5.41, 5.74) is 8.98. The number of carbonyl (C=O) groups is 2. The van der Waals surface area contributed by atoms with Crippen LogP contribution in [-0.4, -0.2) is 26.2 Å². The Hall–Kier alpha value is -4.00. The van der Waals surface area contributed by atoms with Crippen molar-refractivity contribution in [3.63, 3.8) is 0 Å². The third kappa shape index (κ3) is 3.09. The van der Waals surface area contributed by atoms with Gasteiger partial charge in [-0.3, -0.25) is 14.0 Å². The lowest BCUT2D eigenvalue weighted by Gasteiger charge is -2.11. The molecule has 0 aliphatic carbocycles. The highest BCUT2D eigenvalue weighted by Gasteiger charge is 2.20. The van der Waals surface area contributed by atoms with Gasteiger partial charge in [-0.15, -0.1) is 0 Å². The Morgan fingerprint density at radius 3 is 2.46 bits per heavy atom. The number of hydrogen-bond donors (Lipinski definition) is 2. The van der Waals surface area contributed by atoms with Crippen molar-refractivity contribution in [2.45, 2.75) is 6.92 Å². The molecule has 0 saturated carbocycles. The first-order chi connectivity index (χ1) is 13.5. The number of fused-ring (bicyclic) bond motifs is 1. The number of nitrogens with zero attached hydrogens (tertiary/aromatic N) is 3. The highest BCUT2D eigenvalue weighted by Crippen LogP contribution is 2.22. The highest BCUT2D eigenvalue weighted by molar-refractivity contribution is 6.05. The normalized spacial score (nSPS) is 10.8. The first-order valence-electron chi connectivity index (χ1n) is 8.65. The van der Waals surface area contributed by atoms with Gasteiger partial charge in [-0.1, -0.05) is 48.5 Å². The van der Waals surface area contributed by atoms with E-state index >= 15 is 0 Å². The number of para-hydroxylation sites is 1. The number of carbonyl (C=O) groups excluding carboxylic acids is 2. The van der Waals surface area contributed by atoms with Gasteiger partial charge in [0, 0.05) is 11.3 Å². The van der Waals surface area contributed by atoms with E-state index in [0.717, 1.165) is 11.1 Å². The number of nitrogens with two attached hydrogens (primary N) is 1. The zero-order valence-corrected chi connectivity index (χ0v) is 15.1. The van der Waals surface area contributed by atoms with E-state index in [2.05, 4.69) is 15.3 Å². The third-order valence-corrected chi connectivity index (χ3v) is 4.43. The molecule has 2 aromatic heterocycles. The van der Waals surface area contributed by atoms with Crippen molar-refractivity contribution in [2.24, 2.45) is 5.73 Å². The number of amides is 2. The van der Waals surface area contributed by atoms with Crippen molar-refractivity contribution in [3.8, 4) is 11.3 Å². The minimum atomic E-state index is -0.703. The van der Waals surface area contributed by atoms with Gasteiger partial charge in [0.05, 0.1) is 5.69 Å². The van der Waals surface area contributed by atoms with Gasteiger partial charge in [-0.25, -0.2) is 9.97 Å². The number of primary amides is 1. The van der Waals surface area contributed by atoms with E-state index in [9.17, 15) is 9.59 Å². The Bertz CT molecular complexity index is 1200. The lowest BCUT2D eigenvalue weighted by atomic mass is 10.1. The maximum absolute atomic E-state index is 13.0. The number of anilines is 1. The van der Waals surface area contributed by atoms with Gasteiger partial charge in [0.1, 0.15) is 12.0 Å². The van der Waals surface area contributed by atoms with Gasteiger partial charge in [0.15, 0.2) is 11.3 Å². The fourth-order valence-corrected chi connectivity index (χ4v) is 2.98. The first kappa shape index (κ1) is 17.4. The summed E-state index contributed by atoms with van der Waals surface area (Å²) in [7, 11) is 0. The molecule has 2 amide bonds. The molecule has 0 aliphatic rings. The fourth-order valence-electron chi connectivity index (χ4n) is 2.98. The summed E-state index contributed by atoms with van der Waals surface area (Å²) >= 11 is 0. The molecular weight excluding hydrogens is 354 g/mol. The summed E-state index contributed by atoms with van der Waals surface area (Å²) in [6.45, 7) is 1.91. The molecule has 0 fully saturated rings. The van der Waals surface area contributed by atoms with Crippen molar-refractivity contribution in [2.75, 3.05) is 5.32 Å². The molecule has 4 rings (SSSR count). The first-order valence-corrected chi connectivity index (χ1v) is 8.65. The van der Waals surface area contributed by atoms with Gasteiger partial charge in [-0.05, 0) is 24.6 Å². The van der Waals surface area contributed by atoms with Gasteiger partial charge in [0.25, 0.3) is 11.8 Å².